The summed E-state index contributed by atoms with van der Waals surface area (Å²) in [6, 6.07) is 13.3. The van der Waals surface area contributed by atoms with Crippen molar-refractivity contribution in [2.45, 2.75) is 31.2 Å². The molecule has 3 N–H and O–H groups in total. The van der Waals surface area contributed by atoms with E-state index in [2.05, 4.69) is 37.5 Å². The van der Waals surface area contributed by atoms with Crippen LogP contribution in [0, 0.1) is 19.7 Å². The van der Waals surface area contributed by atoms with Gasteiger partial charge in [-0.3, -0.25) is 11.3 Å². The number of rotatable bonds is 6. The zero-order valence-corrected chi connectivity index (χ0v) is 13.2. The molecule has 2 nitrogen and oxygen atoms in total. The standard InChI is InChI=1S/C17H21FN2S/c1-12-6-7-14(8-13(12)2)9-16(20-19)11-21-17-5-3-4-15(18)10-17/h3-8,10,16,20H,9,11,19H2,1-2H3. The van der Waals surface area contributed by atoms with Gasteiger partial charge in [0, 0.05) is 16.7 Å². The predicted molar refractivity (Wildman–Crippen MR) is 87.9 cm³/mol. The van der Waals surface area contributed by atoms with E-state index in [-0.39, 0.29) is 11.9 Å². The summed E-state index contributed by atoms with van der Waals surface area (Å²) in [5.41, 5.74) is 6.71. The van der Waals surface area contributed by atoms with Gasteiger partial charge in [-0.05, 0) is 55.2 Å². The summed E-state index contributed by atoms with van der Waals surface area (Å²) in [6.45, 7) is 4.22. The molecule has 0 bridgehead atoms. The van der Waals surface area contributed by atoms with Crippen LogP contribution in [-0.2, 0) is 6.42 Å². The van der Waals surface area contributed by atoms with Crippen molar-refractivity contribution >= 4 is 11.8 Å². The fraction of sp³-hybridized carbons (Fsp3) is 0.294. The molecule has 0 saturated carbocycles. The molecule has 0 aliphatic carbocycles. The van der Waals surface area contributed by atoms with Gasteiger partial charge in [0.25, 0.3) is 0 Å². The molecule has 2 aromatic rings. The molecule has 0 aromatic heterocycles. The first-order chi connectivity index (χ1) is 10.1. The summed E-state index contributed by atoms with van der Waals surface area (Å²) in [6.07, 6.45) is 0.861. The maximum Gasteiger partial charge on any atom is 0.124 e. The Bertz CT molecular complexity index is 601. The van der Waals surface area contributed by atoms with Crippen LogP contribution in [-0.4, -0.2) is 11.8 Å². The average Bonchev–Trinajstić information content (AvgIpc) is 2.47. The highest BCUT2D eigenvalue weighted by Crippen LogP contribution is 2.21. The van der Waals surface area contributed by atoms with E-state index in [1.165, 1.54) is 22.8 Å². The molecule has 2 rings (SSSR count). The summed E-state index contributed by atoms with van der Waals surface area (Å²) in [5.74, 6) is 6.24. The lowest BCUT2D eigenvalue weighted by Crippen LogP contribution is -2.38. The topological polar surface area (TPSA) is 38.0 Å². The van der Waals surface area contributed by atoms with E-state index in [1.54, 1.807) is 23.9 Å². The molecule has 0 spiro atoms. The minimum Gasteiger partial charge on any atom is -0.271 e. The fourth-order valence-corrected chi connectivity index (χ4v) is 3.11. The number of thioether (sulfide) groups is 1. The van der Waals surface area contributed by atoms with Gasteiger partial charge in [-0.15, -0.1) is 11.8 Å². The number of hydrazine groups is 1. The quantitative estimate of drug-likeness (QED) is 0.486. The normalized spacial score (nSPS) is 12.4. The molecule has 21 heavy (non-hydrogen) atoms. The van der Waals surface area contributed by atoms with Gasteiger partial charge in [0.05, 0.1) is 0 Å². The molecular formula is C17H21FN2S. The highest BCUT2D eigenvalue weighted by atomic mass is 32.2. The molecule has 112 valence electrons. The van der Waals surface area contributed by atoms with Crippen LogP contribution >= 0.6 is 11.8 Å². The van der Waals surface area contributed by atoms with E-state index in [1.807, 2.05) is 6.07 Å². The zero-order chi connectivity index (χ0) is 15.2. The third kappa shape index (κ3) is 4.84. The Labute approximate surface area is 129 Å². The first kappa shape index (κ1) is 16.0. The molecule has 0 amide bonds. The van der Waals surface area contributed by atoms with Crippen molar-refractivity contribution in [1.82, 2.24) is 5.43 Å². The largest absolute Gasteiger partial charge is 0.271 e. The molecule has 0 heterocycles. The number of nitrogens with one attached hydrogen (secondary N) is 1. The van der Waals surface area contributed by atoms with Crippen molar-refractivity contribution in [2.24, 2.45) is 5.84 Å². The molecular weight excluding hydrogens is 283 g/mol. The second-order valence-corrected chi connectivity index (χ2v) is 6.35. The fourth-order valence-electron chi connectivity index (χ4n) is 2.13. The number of benzene rings is 2. The van der Waals surface area contributed by atoms with E-state index in [0.29, 0.717) is 0 Å². The third-order valence-electron chi connectivity index (χ3n) is 3.54. The second-order valence-electron chi connectivity index (χ2n) is 5.25. The number of hydrogen-bond acceptors (Lipinski definition) is 3. The maximum atomic E-state index is 13.1. The lowest BCUT2D eigenvalue weighted by molar-refractivity contribution is 0.575. The van der Waals surface area contributed by atoms with Crippen LogP contribution in [0.2, 0.25) is 0 Å². The molecule has 0 saturated heterocycles. The van der Waals surface area contributed by atoms with Crippen molar-refractivity contribution in [3.63, 3.8) is 0 Å². The van der Waals surface area contributed by atoms with Crippen molar-refractivity contribution in [3.8, 4) is 0 Å². The molecule has 0 aliphatic rings. The highest BCUT2D eigenvalue weighted by molar-refractivity contribution is 7.99. The van der Waals surface area contributed by atoms with Crippen molar-refractivity contribution in [3.05, 3.63) is 65.0 Å². The molecule has 0 aliphatic heterocycles. The van der Waals surface area contributed by atoms with E-state index in [9.17, 15) is 4.39 Å². The summed E-state index contributed by atoms with van der Waals surface area (Å²) in [5, 5.41) is 0. The van der Waals surface area contributed by atoms with Crippen molar-refractivity contribution in [1.29, 1.82) is 0 Å². The van der Waals surface area contributed by atoms with E-state index < -0.39 is 0 Å². The monoisotopic (exact) mass is 304 g/mol. The third-order valence-corrected chi connectivity index (χ3v) is 4.69. The summed E-state index contributed by atoms with van der Waals surface area (Å²) in [4.78, 5) is 0.926. The van der Waals surface area contributed by atoms with Crippen LogP contribution in [0.4, 0.5) is 4.39 Å². The van der Waals surface area contributed by atoms with Gasteiger partial charge in [0.1, 0.15) is 5.82 Å². The first-order valence-corrected chi connectivity index (χ1v) is 7.97. The van der Waals surface area contributed by atoms with E-state index in [0.717, 1.165) is 17.1 Å². The van der Waals surface area contributed by atoms with Crippen molar-refractivity contribution < 1.29 is 4.39 Å². The number of hydrogen-bond donors (Lipinski definition) is 2. The van der Waals surface area contributed by atoms with E-state index >= 15 is 0 Å². The second kappa shape index (κ2) is 7.59. The number of aryl methyl sites for hydroxylation is 2. The Morgan fingerprint density at radius 1 is 1.14 bits per heavy atom. The van der Waals surface area contributed by atoms with Gasteiger partial charge >= 0.3 is 0 Å². The minimum atomic E-state index is -0.202. The van der Waals surface area contributed by atoms with Crippen LogP contribution in [0.5, 0.6) is 0 Å². The van der Waals surface area contributed by atoms with Gasteiger partial charge in [-0.1, -0.05) is 24.3 Å². The Kier molecular flexibility index (Phi) is 5.79. The number of nitrogens with two attached hydrogens (primary N) is 1. The molecule has 0 radical (unpaired) electrons. The number of halogens is 1. The Hall–Kier alpha value is -1.36. The van der Waals surface area contributed by atoms with Gasteiger partial charge in [0.15, 0.2) is 0 Å². The highest BCUT2D eigenvalue weighted by Gasteiger charge is 2.09. The summed E-state index contributed by atoms with van der Waals surface area (Å²) < 4.78 is 13.1. The molecule has 0 fully saturated rings. The molecule has 1 atom stereocenters. The zero-order valence-electron chi connectivity index (χ0n) is 12.4. The van der Waals surface area contributed by atoms with Crippen LogP contribution < -0.4 is 11.3 Å². The molecule has 1 unspecified atom stereocenters. The Balaban J connectivity index is 1.95. The Morgan fingerprint density at radius 2 is 1.95 bits per heavy atom. The van der Waals surface area contributed by atoms with Gasteiger partial charge < -0.3 is 0 Å². The molecule has 2 aromatic carbocycles. The van der Waals surface area contributed by atoms with Crippen LogP contribution in [0.3, 0.4) is 0 Å². The van der Waals surface area contributed by atoms with Gasteiger partial charge in [-0.2, -0.15) is 0 Å². The lowest BCUT2D eigenvalue weighted by Gasteiger charge is -2.16. The minimum absolute atomic E-state index is 0.153. The van der Waals surface area contributed by atoms with Crippen LogP contribution in [0.1, 0.15) is 16.7 Å². The van der Waals surface area contributed by atoms with Crippen LogP contribution in [0.25, 0.3) is 0 Å². The summed E-state index contributed by atoms with van der Waals surface area (Å²) in [7, 11) is 0. The maximum absolute atomic E-state index is 13.1. The van der Waals surface area contributed by atoms with Crippen LogP contribution in [0.15, 0.2) is 47.4 Å². The van der Waals surface area contributed by atoms with Gasteiger partial charge in [0.2, 0.25) is 0 Å². The van der Waals surface area contributed by atoms with Gasteiger partial charge in [-0.25, -0.2) is 4.39 Å². The Morgan fingerprint density at radius 3 is 2.62 bits per heavy atom. The molecule has 4 heteroatoms. The lowest BCUT2D eigenvalue weighted by atomic mass is 10.0. The smallest absolute Gasteiger partial charge is 0.124 e. The van der Waals surface area contributed by atoms with Crippen molar-refractivity contribution in [2.75, 3.05) is 5.75 Å². The SMILES string of the molecule is Cc1ccc(CC(CSc2cccc(F)c2)NN)cc1C. The average molecular weight is 304 g/mol. The predicted octanol–water partition coefficient (Wildman–Crippen LogP) is 3.61. The summed E-state index contributed by atoms with van der Waals surface area (Å²) >= 11 is 1.61. The van der Waals surface area contributed by atoms with E-state index in [4.69, 9.17) is 5.84 Å². The first-order valence-electron chi connectivity index (χ1n) is 6.99.